The molecule has 21 heavy (non-hydrogen) atoms. The van der Waals surface area contributed by atoms with Crippen LogP contribution in [0.2, 0.25) is 0 Å². The molecule has 2 N–H and O–H groups in total. The maximum Gasteiger partial charge on any atom is 0.307 e. The average Bonchev–Trinajstić information content (AvgIpc) is 2.91. The molecule has 0 aromatic heterocycles. The Hall–Kier alpha value is -1.36. The summed E-state index contributed by atoms with van der Waals surface area (Å²) in [7, 11) is 0. The zero-order valence-electron chi connectivity index (χ0n) is 12.0. The molecule has 5 heteroatoms. The molecule has 0 spiro atoms. The average molecular weight is 354 g/mol. The molecule has 2 rings (SSSR count). The van der Waals surface area contributed by atoms with Crippen LogP contribution in [0.15, 0.2) is 28.7 Å². The molecule has 1 aliphatic rings. The monoisotopic (exact) mass is 353 g/mol. The lowest BCUT2D eigenvalue weighted by atomic mass is 9.95. The Kier molecular flexibility index (Phi) is 5.39. The fourth-order valence-electron chi connectivity index (χ4n) is 2.94. The van der Waals surface area contributed by atoms with Crippen LogP contribution in [0.3, 0.4) is 0 Å². The standard InChI is InChI=1S/C16H20BrNO3/c1-10(9-11-5-7-12(17)8-6-11)18-15(19)13-3-2-4-14(13)16(20)21/h5-8,10,13-14H,2-4,9H2,1H3,(H,18,19)(H,20,21). The van der Waals surface area contributed by atoms with Crippen molar-refractivity contribution in [3.05, 3.63) is 34.3 Å². The SMILES string of the molecule is CC(Cc1ccc(Br)cc1)NC(=O)C1CCCC1C(=O)O. The second kappa shape index (κ2) is 7.07. The van der Waals surface area contributed by atoms with Crippen molar-refractivity contribution in [3.63, 3.8) is 0 Å². The number of benzene rings is 1. The molecule has 1 aromatic rings. The van der Waals surface area contributed by atoms with E-state index in [1.54, 1.807) is 0 Å². The van der Waals surface area contributed by atoms with E-state index in [1.165, 1.54) is 0 Å². The summed E-state index contributed by atoms with van der Waals surface area (Å²) in [5, 5.41) is 12.1. The van der Waals surface area contributed by atoms with Crippen LogP contribution < -0.4 is 5.32 Å². The first-order valence-corrected chi connectivity index (χ1v) is 8.04. The van der Waals surface area contributed by atoms with Gasteiger partial charge in [-0.2, -0.15) is 0 Å². The van der Waals surface area contributed by atoms with Gasteiger partial charge in [0, 0.05) is 10.5 Å². The number of amides is 1. The van der Waals surface area contributed by atoms with Crippen molar-refractivity contribution in [3.8, 4) is 0 Å². The van der Waals surface area contributed by atoms with Gasteiger partial charge in [-0.15, -0.1) is 0 Å². The largest absolute Gasteiger partial charge is 0.481 e. The molecule has 0 bridgehead atoms. The maximum absolute atomic E-state index is 12.2. The van der Waals surface area contributed by atoms with Crippen molar-refractivity contribution < 1.29 is 14.7 Å². The first-order chi connectivity index (χ1) is 9.97. The van der Waals surface area contributed by atoms with E-state index in [1.807, 2.05) is 31.2 Å². The molecule has 0 heterocycles. The van der Waals surface area contributed by atoms with E-state index >= 15 is 0 Å². The first kappa shape index (κ1) is 16.0. The molecule has 0 aliphatic heterocycles. The Bertz CT molecular complexity index is 515. The van der Waals surface area contributed by atoms with Crippen molar-refractivity contribution >= 4 is 27.8 Å². The summed E-state index contributed by atoms with van der Waals surface area (Å²) in [5.41, 5.74) is 1.15. The van der Waals surface area contributed by atoms with Crippen molar-refractivity contribution in [2.75, 3.05) is 0 Å². The number of aliphatic carboxylic acids is 1. The van der Waals surface area contributed by atoms with Crippen molar-refractivity contribution in [1.29, 1.82) is 0 Å². The molecule has 1 aromatic carbocycles. The summed E-state index contributed by atoms with van der Waals surface area (Å²) in [6.07, 6.45) is 2.84. The first-order valence-electron chi connectivity index (χ1n) is 7.25. The minimum Gasteiger partial charge on any atom is -0.481 e. The summed E-state index contributed by atoms with van der Waals surface area (Å²) in [4.78, 5) is 23.4. The molecule has 1 amide bonds. The summed E-state index contributed by atoms with van der Waals surface area (Å²) < 4.78 is 1.03. The minimum absolute atomic E-state index is 0.00581. The highest BCUT2D eigenvalue weighted by Crippen LogP contribution is 2.32. The molecule has 0 saturated heterocycles. The number of carboxylic acids is 1. The molecule has 1 saturated carbocycles. The van der Waals surface area contributed by atoms with E-state index < -0.39 is 11.9 Å². The zero-order valence-corrected chi connectivity index (χ0v) is 13.6. The number of rotatable bonds is 5. The zero-order chi connectivity index (χ0) is 15.4. The maximum atomic E-state index is 12.2. The van der Waals surface area contributed by atoms with Gasteiger partial charge < -0.3 is 10.4 Å². The van der Waals surface area contributed by atoms with Crippen LogP contribution in [-0.2, 0) is 16.0 Å². The summed E-state index contributed by atoms with van der Waals surface area (Å²) in [6, 6.07) is 7.97. The molecule has 0 radical (unpaired) electrons. The van der Waals surface area contributed by atoms with E-state index in [9.17, 15) is 9.59 Å². The van der Waals surface area contributed by atoms with Gasteiger partial charge in [-0.1, -0.05) is 34.5 Å². The molecule has 1 aliphatic carbocycles. The van der Waals surface area contributed by atoms with Crippen LogP contribution in [-0.4, -0.2) is 23.0 Å². The smallest absolute Gasteiger partial charge is 0.307 e. The van der Waals surface area contributed by atoms with Gasteiger partial charge in [-0.3, -0.25) is 9.59 Å². The molecule has 114 valence electrons. The number of hydrogen-bond donors (Lipinski definition) is 2. The van der Waals surface area contributed by atoms with Crippen LogP contribution in [0.4, 0.5) is 0 Å². The van der Waals surface area contributed by atoms with Gasteiger partial charge in [-0.05, 0) is 43.9 Å². The fraction of sp³-hybridized carbons (Fsp3) is 0.500. The van der Waals surface area contributed by atoms with Gasteiger partial charge in [0.25, 0.3) is 0 Å². The highest BCUT2D eigenvalue weighted by molar-refractivity contribution is 9.10. The van der Waals surface area contributed by atoms with Crippen LogP contribution in [0.25, 0.3) is 0 Å². The van der Waals surface area contributed by atoms with Gasteiger partial charge in [0.2, 0.25) is 5.91 Å². The lowest BCUT2D eigenvalue weighted by molar-refractivity contribution is -0.146. The quantitative estimate of drug-likeness (QED) is 0.854. The number of halogens is 1. The second-order valence-electron chi connectivity index (χ2n) is 5.72. The molecule has 1 fully saturated rings. The Labute approximate surface area is 133 Å². The molecule has 3 unspecified atom stereocenters. The Balaban J connectivity index is 1.90. The van der Waals surface area contributed by atoms with Crippen molar-refractivity contribution in [2.45, 2.75) is 38.6 Å². The number of carboxylic acid groups (broad SMARTS) is 1. The van der Waals surface area contributed by atoms with Crippen LogP contribution >= 0.6 is 15.9 Å². The predicted molar refractivity (Wildman–Crippen MR) is 83.9 cm³/mol. The molecular formula is C16H20BrNO3. The lowest BCUT2D eigenvalue weighted by Gasteiger charge is -2.20. The lowest BCUT2D eigenvalue weighted by Crippen LogP contribution is -2.40. The van der Waals surface area contributed by atoms with Gasteiger partial charge >= 0.3 is 5.97 Å². The van der Waals surface area contributed by atoms with Gasteiger partial charge in [0.05, 0.1) is 11.8 Å². The van der Waals surface area contributed by atoms with E-state index in [4.69, 9.17) is 5.11 Å². The number of carbonyl (C=O) groups excluding carboxylic acids is 1. The van der Waals surface area contributed by atoms with Crippen molar-refractivity contribution in [2.24, 2.45) is 11.8 Å². The normalized spacial score (nSPS) is 22.8. The van der Waals surface area contributed by atoms with Gasteiger partial charge in [0.15, 0.2) is 0 Å². The highest BCUT2D eigenvalue weighted by Gasteiger charge is 2.37. The third-order valence-corrected chi connectivity index (χ3v) is 4.54. The Morgan fingerprint density at radius 1 is 1.29 bits per heavy atom. The molecule has 4 nitrogen and oxygen atoms in total. The molecule has 3 atom stereocenters. The third-order valence-electron chi connectivity index (χ3n) is 4.01. The Morgan fingerprint density at radius 2 is 1.90 bits per heavy atom. The van der Waals surface area contributed by atoms with E-state index in [0.717, 1.165) is 22.9 Å². The van der Waals surface area contributed by atoms with E-state index in [2.05, 4.69) is 21.2 Å². The highest BCUT2D eigenvalue weighted by atomic mass is 79.9. The van der Waals surface area contributed by atoms with Crippen molar-refractivity contribution in [1.82, 2.24) is 5.32 Å². The number of hydrogen-bond acceptors (Lipinski definition) is 2. The predicted octanol–water partition coefficient (Wildman–Crippen LogP) is 3.00. The topological polar surface area (TPSA) is 66.4 Å². The molecular weight excluding hydrogens is 334 g/mol. The van der Waals surface area contributed by atoms with Gasteiger partial charge in [-0.25, -0.2) is 0 Å². The fourth-order valence-corrected chi connectivity index (χ4v) is 3.21. The summed E-state index contributed by atoms with van der Waals surface area (Å²) >= 11 is 3.39. The Morgan fingerprint density at radius 3 is 2.52 bits per heavy atom. The second-order valence-corrected chi connectivity index (χ2v) is 6.64. The number of carbonyl (C=O) groups is 2. The van der Waals surface area contributed by atoms with Crippen LogP contribution in [0.1, 0.15) is 31.7 Å². The summed E-state index contributed by atoms with van der Waals surface area (Å²) in [5.74, 6) is -1.88. The summed E-state index contributed by atoms with van der Waals surface area (Å²) in [6.45, 7) is 1.95. The minimum atomic E-state index is -0.854. The third kappa shape index (κ3) is 4.30. The van der Waals surface area contributed by atoms with Crippen LogP contribution in [0.5, 0.6) is 0 Å². The van der Waals surface area contributed by atoms with E-state index in [-0.39, 0.29) is 17.9 Å². The number of nitrogens with one attached hydrogen (secondary N) is 1. The van der Waals surface area contributed by atoms with E-state index in [0.29, 0.717) is 12.8 Å². The van der Waals surface area contributed by atoms with Gasteiger partial charge in [0.1, 0.15) is 0 Å². The van der Waals surface area contributed by atoms with Crippen LogP contribution in [0, 0.1) is 11.8 Å².